The molecule has 180 valence electrons. The number of hydrogen-bond acceptors (Lipinski definition) is 7. The molecular weight excluding hydrogens is 438 g/mol. The molecule has 3 aliphatic rings. The van der Waals surface area contributed by atoms with Gasteiger partial charge in [-0.05, 0) is 57.8 Å². The Morgan fingerprint density at radius 3 is 2.24 bits per heavy atom. The number of para-hydroxylation sites is 1. The van der Waals surface area contributed by atoms with E-state index in [4.69, 9.17) is 9.97 Å². The van der Waals surface area contributed by atoms with E-state index in [1.165, 1.54) is 25.9 Å². The zero-order chi connectivity index (χ0) is 22.8. The predicted octanol–water partition coefficient (Wildman–Crippen LogP) is 1.99. The minimum absolute atomic E-state index is 0.275. The molecule has 9 nitrogen and oxygen atoms in total. The van der Waals surface area contributed by atoms with Crippen molar-refractivity contribution in [3.63, 3.8) is 0 Å². The largest absolute Gasteiger partial charge is 0.366 e. The summed E-state index contributed by atoms with van der Waals surface area (Å²) in [6, 6.07) is 8.37. The summed E-state index contributed by atoms with van der Waals surface area (Å²) in [5.74, 6) is 1.53. The molecule has 1 N–H and O–H groups in total. The van der Waals surface area contributed by atoms with Crippen LogP contribution >= 0.6 is 0 Å². The van der Waals surface area contributed by atoms with Crippen molar-refractivity contribution in [2.24, 2.45) is 0 Å². The molecule has 0 aliphatic carbocycles. The van der Waals surface area contributed by atoms with Crippen LogP contribution in [0.25, 0.3) is 10.9 Å². The third-order valence-electron chi connectivity index (χ3n) is 6.94. The Labute approximate surface area is 196 Å². The van der Waals surface area contributed by atoms with Gasteiger partial charge in [0.15, 0.2) is 0 Å². The molecule has 0 bridgehead atoms. The average Bonchev–Trinajstić information content (AvgIpc) is 3.54. The van der Waals surface area contributed by atoms with Crippen LogP contribution in [0.2, 0.25) is 0 Å². The third kappa shape index (κ3) is 4.94. The Kier molecular flexibility index (Phi) is 6.69. The summed E-state index contributed by atoms with van der Waals surface area (Å²) in [7, 11) is -3.36. The molecule has 10 heteroatoms. The van der Waals surface area contributed by atoms with Gasteiger partial charge in [-0.1, -0.05) is 12.1 Å². The van der Waals surface area contributed by atoms with E-state index >= 15 is 0 Å². The van der Waals surface area contributed by atoms with Gasteiger partial charge < -0.3 is 15.1 Å². The highest BCUT2D eigenvalue weighted by molar-refractivity contribution is 7.86. The second-order valence-electron chi connectivity index (χ2n) is 9.44. The molecule has 0 saturated carbocycles. The zero-order valence-corrected chi connectivity index (χ0v) is 20.3. The van der Waals surface area contributed by atoms with Gasteiger partial charge >= 0.3 is 0 Å². The lowest BCUT2D eigenvalue weighted by Crippen LogP contribution is -2.53. The van der Waals surface area contributed by atoms with Crippen LogP contribution in [0.3, 0.4) is 0 Å². The molecule has 33 heavy (non-hydrogen) atoms. The number of piperazine rings is 1. The molecule has 0 spiro atoms. The first-order valence-corrected chi connectivity index (χ1v) is 13.7. The Hall–Kier alpha value is -2.01. The van der Waals surface area contributed by atoms with Crippen molar-refractivity contribution in [2.75, 3.05) is 69.1 Å². The monoisotopic (exact) mass is 473 g/mol. The summed E-state index contributed by atoms with van der Waals surface area (Å²) >= 11 is 0. The first kappa shape index (κ1) is 22.8. The Bertz CT molecular complexity index is 1060. The molecule has 5 rings (SSSR count). The summed E-state index contributed by atoms with van der Waals surface area (Å²) in [6.07, 6.45) is 4.48. The number of anilines is 2. The van der Waals surface area contributed by atoms with E-state index in [1.807, 2.05) is 18.2 Å². The first-order valence-electron chi connectivity index (χ1n) is 12.3. The van der Waals surface area contributed by atoms with Gasteiger partial charge in [0.2, 0.25) is 5.95 Å². The van der Waals surface area contributed by atoms with E-state index in [9.17, 15) is 8.42 Å². The van der Waals surface area contributed by atoms with Crippen LogP contribution < -0.4 is 10.2 Å². The van der Waals surface area contributed by atoms with Gasteiger partial charge in [-0.15, -0.1) is 0 Å². The summed E-state index contributed by atoms with van der Waals surface area (Å²) < 4.78 is 29.1. The van der Waals surface area contributed by atoms with E-state index in [0.29, 0.717) is 45.2 Å². The standard InChI is InChI=1S/C23H35N7O2S/c1-19(18-27-10-4-5-11-27)24-22-20-8-2-3-9-21(20)25-23(26-22)28-14-16-30(17-15-28)33(31,32)29-12-6-7-13-29/h2-3,8-9,19H,4-7,10-18H2,1H3,(H,24,25,26)/t19-/m0/s1. The smallest absolute Gasteiger partial charge is 0.282 e. The number of benzene rings is 1. The summed E-state index contributed by atoms with van der Waals surface area (Å²) in [4.78, 5) is 14.3. The van der Waals surface area contributed by atoms with Gasteiger partial charge in [-0.2, -0.15) is 22.0 Å². The van der Waals surface area contributed by atoms with Gasteiger partial charge in [0.25, 0.3) is 10.2 Å². The number of fused-ring (bicyclic) bond motifs is 1. The van der Waals surface area contributed by atoms with E-state index in [2.05, 4.69) is 28.1 Å². The van der Waals surface area contributed by atoms with Crippen LogP contribution in [0.4, 0.5) is 11.8 Å². The van der Waals surface area contributed by atoms with Gasteiger partial charge in [-0.25, -0.2) is 4.98 Å². The summed E-state index contributed by atoms with van der Waals surface area (Å²) in [5, 5.41) is 4.65. The van der Waals surface area contributed by atoms with Crippen molar-refractivity contribution < 1.29 is 8.42 Å². The second-order valence-corrected chi connectivity index (χ2v) is 11.4. The van der Waals surface area contributed by atoms with E-state index in [0.717, 1.165) is 36.1 Å². The number of hydrogen-bond donors (Lipinski definition) is 1. The fraction of sp³-hybridized carbons (Fsp3) is 0.652. The number of rotatable bonds is 7. The topological polar surface area (TPSA) is 84.9 Å². The van der Waals surface area contributed by atoms with Crippen LogP contribution in [0.5, 0.6) is 0 Å². The fourth-order valence-corrected chi connectivity index (χ4v) is 6.82. The van der Waals surface area contributed by atoms with Crippen LogP contribution in [-0.4, -0.2) is 96.8 Å². The fourth-order valence-electron chi connectivity index (χ4n) is 5.15. The maximum atomic E-state index is 12.9. The van der Waals surface area contributed by atoms with Crippen molar-refractivity contribution in [1.29, 1.82) is 0 Å². The SMILES string of the molecule is C[C@@H](CN1CCCC1)Nc1nc(N2CCN(S(=O)(=O)N3CCCC3)CC2)nc2ccccc12. The molecule has 0 radical (unpaired) electrons. The van der Waals surface area contributed by atoms with E-state index in [-0.39, 0.29) is 6.04 Å². The van der Waals surface area contributed by atoms with Crippen LogP contribution in [0.1, 0.15) is 32.6 Å². The number of aromatic nitrogens is 2. The minimum atomic E-state index is -3.36. The zero-order valence-electron chi connectivity index (χ0n) is 19.5. The quantitative estimate of drug-likeness (QED) is 0.658. The molecule has 2 aromatic rings. The molecular formula is C23H35N7O2S. The van der Waals surface area contributed by atoms with Gasteiger partial charge in [0.1, 0.15) is 5.82 Å². The summed E-state index contributed by atoms with van der Waals surface area (Å²) in [5.41, 5.74) is 0.908. The van der Waals surface area contributed by atoms with E-state index < -0.39 is 10.2 Å². The molecule has 1 aromatic carbocycles. The Morgan fingerprint density at radius 2 is 1.52 bits per heavy atom. The van der Waals surface area contributed by atoms with Crippen molar-refractivity contribution >= 4 is 32.9 Å². The maximum Gasteiger partial charge on any atom is 0.282 e. The van der Waals surface area contributed by atoms with Gasteiger partial charge in [0.05, 0.1) is 5.52 Å². The Morgan fingerprint density at radius 1 is 0.879 bits per heavy atom. The normalized spacial score (nSPS) is 22.3. The van der Waals surface area contributed by atoms with Gasteiger partial charge in [0, 0.05) is 57.2 Å². The molecule has 3 aliphatic heterocycles. The van der Waals surface area contributed by atoms with Crippen molar-refractivity contribution in [3.8, 4) is 0 Å². The molecule has 0 unspecified atom stereocenters. The van der Waals surface area contributed by atoms with Crippen LogP contribution in [0.15, 0.2) is 24.3 Å². The minimum Gasteiger partial charge on any atom is -0.366 e. The van der Waals surface area contributed by atoms with Crippen LogP contribution in [0, 0.1) is 0 Å². The van der Waals surface area contributed by atoms with Gasteiger partial charge in [-0.3, -0.25) is 0 Å². The lowest BCUT2D eigenvalue weighted by atomic mass is 10.2. The highest BCUT2D eigenvalue weighted by atomic mass is 32.2. The number of nitrogens with zero attached hydrogens (tertiary/aromatic N) is 6. The van der Waals surface area contributed by atoms with Crippen molar-refractivity contribution in [1.82, 2.24) is 23.5 Å². The van der Waals surface area contributed by atoms with E-state index in [1.54, 1.807) is 8.61 Å². The molecule has 1 atom stereocenters. The molecule has 3 fully saturated rings. The highest BCUT2D eigenvalue weighted by Crippen LogP contribution is 2.26. The average molecular weight is 474 g/mol. The van der Waals surface area contributed by atoms with Crippen LogP contribution in [-0.2, 0) is 10.2 Å². The second kappa shape index (κ2) is 9.69. The first-order chi connectivity index (χ1) is 16.0. The molecule has 4 heterocycles. The van der Waals surface area contributed by atoms with Crippen molar-refractivity contribution in [2.45, 2.75) is 38.6 Å². The molecule has 1 aromatic heterocycles. The molecule has 0 amide bonds. The number of likely N-dealkylation sites (tertiary alicyclic amines) is 1. The maximum absolute atomic E-state index is 12.9. The number of nitrogens with one attached hydrogen (secondary N) is 1. The lowest BCUT2D eigenvalue weighted by molar-refractivity contribution is 0.327. The highest BCUT2D eigenvalue weighted by Gasteiger charge is 2.34. The predicted molar refractivity (Wildman–Crippen MR) is 132 cm³/mol. The van der Waals surface area contributed by atoms with Crippen molar-refractivity contribution in [3.05, 3.63) is 24.3 Å². The third-order valence-corrected chi connectivity index (χ3v) is 8.98. The summed E-state index contributed by atoms with van der Waals surface area (Å²) in [6.45, 7) is 8.94. The Balaban J connectivity index is 1.31. The molecule has 3 saturated heterocycles. The lowest BCUT2D eigenvalue weighted by Gasteiger charge is -2.36.